The molecule has 130 valence electrons. The third kappa shape index (κ3) is 3.69. The second-order valence-corrected chi connectivity index (χ2v) is 8.33. The van der Waals surface area contributed by atoms with Crippen LogP contribution in [0.2, 0.25) is 0 Å². The van der Waals surface area contributed by atoms with Gasteiger partial charge in [0.05, 0.1) is 11.1 Å². The number of hydrogen-bond acceptors (Lipinski definition) is 3. The fourth-order valence-corrected chi connectivity index (χ4v) is 4.69. The van der Waals surface area contributed by atoms with Crippen LogP contribution in [0.5, 0.6) is 0 Å². The molecule has 1 heterocycles. The average molecular weight is 348 g/mol. The van der Waals surface area contributed by atoms with E-state index in [1.54, 1.807) is 11.8 Å². The summed E-state index contributed by atoms with van der Waals surface area (Å²) >= 11 is 1.84. The summed E-state index contributed by atoms with van der Waals surface area (Å²) in [5.74, 6) is -0.838. The van der Waals surface area contributed by atoms with E-state index in [-0.39, 0.29) is 12.6 Å². The molecule has 1 aliphatic heterocycles. The van der Waals surface area contributed by atoms with Gasteiger partial charge >= 0.3 is 12.0 Å². The lowest BCUT2D eigenvalue weighted by atomic mass is 9.90. The number of para-hydroxylation sites is 1. The molecule has 3 rings (SSSR count). The first-order chi connectivity index (χ1) is 11.5. The Morgan fingerprint density at radius 2 is 2.00 bits per heavy atom. The third-order valence-corrected chi connectivity index (χ3v) is 6.42. The number of carboxylic acids is 1. The number of aliphatic carboxylic acids is 1. The second-order valence-electron chi connectivity index (χ2n) is 6.99. The van der Waals surface area contributed by atoms with E-state index >= 15 is 0 Å². The van der Waals surface area contributed by atoms with Gasteiger partial charge in [-0.15, -0.1) is 11.8 Å². The first-order valence-corrected chi connectivity index (χ1v) is 9.41. The Morgan fingerprint density at radius 3 is 2.67 bits per heavy atom. The molecule has 1 aliphatic carbocycles. The molecular weight excluding hydrogens is 324 g/mol. The highest BCUT2D eigenvalue weighted by molar-refractivity contribution is 8.00. The van der Waals surface area contributed by atoms with Crippen LogP contribution < -0.4 is 5.32 Å². The van der Waals surface area contributed by atoms with Crippen LogP contribution in [0.25, 0.3) is 0 Å². The fraction of sp³-hybridized carbons (Fsp3) is 0.556. The van der Waals surface area contributed by atoms with E-state index in [1.165, 1.54) is 25.7 Å². The van der Waals surface area contributed by atoms with Gasteiger partial charge in [-0.05, 0) is 38.3 Å². The van der Waals surface area contributed by atoms with Crippen molar-refractivity contribution in [3.8, 4) is 0 Å². The topological polar surface area (TPSA) is 69.6 Å². The van der Waals surface area contributed by atoms with Gasteiger partial charge in [0.1, 0.15) is 0 Å². The zero-order chi connectivity index (χ0) is 17.2. The van der Waals surface area contributed by atoms with E-state index in [0.29, 0.717) is 18.2 Å². The maximum atomic E-state index is 12.5. The van der Waals surface area contributed by atoms with E-state index in [4.69, 9.17) is 0 Å². The number of anilines is 1. The molecule has 1 saturated heterocycles. The van der Waals surface area contributed by atoms with Crippen LogP contribution in [-0.4, -0.2) is 40.3 Å². The average Bonchev–Trinajstić information content (AvgIpc) is 3.20. The predicted molar refractivity (Wildman–Crippen MR) is 95.5 cm³/mol. The van der Waals surface area contributed by atoms with Crippen LogP contribution in [0, 0.1) is 5.41 Å². The molecule has 1 saturated carbocycles. The zero-order valence-electron chi connectivity index (χ0n) is 14.0. The lowest BCUT2D eigenvalue weighted by Crippen LogP contribution is -2.37. The number of urea groups is 1. The molecule has 0 spiro atoms. The number of carbonyl (C=O) groups excluding carboxylic acids is 1. The van der Waals surface area contributed by atoms with E-state index in [9.17, 15) is 14.7 Å². The lowest BCUT2D eigenvalue weighted by molar-refractivity contribution is -0.146. The van der Waals surface area contributed by atoms with Gasteiger partial charge in [0.15, 0.2) is 0 Å². The molecule has 0 radical (unpaired) electrons. The van der Waals surface area contributed by atoms with Gasteiger partial charge in [0.25, 0.3) is 0 Å². The Kier molecular flexibility index (Phi) is 5.04. The number of thioether (sulfide) groups is 1. The van der Waals surface area contributed by atoms with E-state index in [0.717, 1.165) is 10.6 Å². The quantitative estimate of drug-likeness (QED) is 0.861. The Hall–Kier alpha value is -1.69. The highest BCUT2D eigenvalue weighted by Gasteiger charge is 2.42. The van der Waals surface area contributed by atoms with E-state index < -0.39 is 11.4 Å². The third-order valence-electron chi connectivity index (χ3n) is 5.00. The zero-order valence-corrected chi connectivity index (χ0v) is 14.8. The summed E-state index contributed by atoms with van der Waals surface area (Å²) in [5.41, 5.74) is -0.0153. The number of carboxylic acid groups (broad SMARTS) is 1. The molecule has 1 aromatic rings. The molecule has 1 aromatic carbocycles. The van der Waals surface area contributed by atoms with Crippen molar-refractivity contribution in [2.24, 2.45) is 5.41 Å². The SMILES string of the molecule is CC1(C(=O)O)CCN(C(=O)Nc2ccccc2SC2CCCC2)C1. The summed E-state index contributed by atoms with van der Waals surface area (Å²) in [5, 5.41) is 12.9. The molecule has 2 aliphatic rings. The van der Waals surface area contributed by atoms with Crippen LogP contribution in [0.1, 0.15) is 39.0 Å². The van der Waals surface area contributed by atoms with Crippen molar-refractivity contribution in [1.29, 1.82) is 0 Å². The molecule has 1 atom stereocenters. The Labute approximate surface area is 146 Å². The van der Waals surface area contributed by atoms with Gasteiger partial charge in [0.2, 0.25) is 0 Å². The van der Waals surface area contributed by atoms with Gasteiger partial charge in [-0.2, -0.15) is 0 Å². The number of rotatable bonds is 4. The van der Waals surface area contributed by atoms with Gasteiger partial charge in [-0.1, -0.05) is 25.0 Å². The van der Waals surface area contributed by atoms with Gasteiger partial charge in [-0.25, -0.2) is 4.79 Å². The summed E-state index contributed by atoms with van der Waals surface area (Å²) in [7, 11) is 0. The summed E-state index contributed by atoms with van der Waals surface area (Å²) in [6, 6.07) is 7.66. The fourth-order valence-electron chi connectivity index (χ4n) is 3.36. The first-order valence-electron chi connectivity index (χ1n) is 8.53. The van der Waals surface area contributed by atoms with Crippen LogP contribution >= 0.6 is 11.8 Å². The normalized spacial score (nSPS) is 24.3. The van der Waals surface area contributed by atoms with E-state index in [2.05, 4.69) is 5.32 Å². The highest BCUT2D eigenvalue weighted by Crippen LogP contribution is 2.38. The highest BCUT2D eigenvalue weighted by atomic mass is 32.2. The van der Waals surface area contributed by atoms with Crippen molar-refractivity contribution in [2.45, 2.75) is 49.2 Å². The first kappa shape index (κ1) is 17.1. The minimum atomic E-state index is -0.838. The molecule has 1 unspecified atom stereocenters. The molecule has 2 amide bonds. The minimum Gasteiger partial charge on any atom is -0.481 e. The Balaban J connectivity index is 1.65. The second kappa shape index (κ2) is 7.05. The number of benzene rings is 1. The van der Waals surface area contributed by atoms with Crippen LogP contribution in [0.15, 0.2) is 29.2 Å². The number of amides is 2. The minimum absolute atomic E-state index is 0.209. The lowest BCUT2D eigenvalue weighted by Gasteiger charge is -2.21. The van der Waals surface area contributed by atoms with Crippen LogP contribution in [0.4, 0.5) is 10.5 Å². The molecule has 6 heteroatoms. The van der Waals surface area contributed by atoms with Crippen molar-refractivity contribution in [3.63, 3.8) is 0 Å². The molecule has 2 fully saturated rings. The van der Waals surface area contributed by atoms with E-state index in [1.807, 2.05) is 36.0 Å². The molecule has 5 nitrogen and oxygen atoms in total. The maximum absolute atomic E-state index is 12.5. The smallest absolute Gasteiger partial charge is 0.321 e. The predicted octanol–water partition coefficient (Wildman–Crippen LogP) is 4.05. The van der Waals surface area contributed by atoms with Crippen LogP contribution in [-0.2, 0) is 4.79 Å². The summed E-state index contributed by atoms with van der Waals surface area (Å²) in [4.78, 5) is 26.6. The van der Waals surface area contributed by atoms with Crippen molar-refractivity contribution < 1.29 is 14.7 Å². The molecular formula is C18H24N2O3S. The van der Waals surface area contributed by atoms with Crippen LogP contribution in [0.3, 0.4) is 0 Å². The summed E-state index contributed by atoms with van der Waals surface area (Å²) < 4.78 is 0. The summed E-state index contributed by atoms with van der Waals surface area (Å²) in [6.45, 7) is 2.44. The Bertz CT molecular complexity index is 630. The van der Waals surface area contributed by atoms with Gasteiger partial charge in [-0.3, -0.25) is 4.79 Å². The molecule has 24 heavy (non-hydrogen) atoms. The summed E-state index contributed by atoms with van der Waals surface area (Å²) in [6.07, 6.45) is 5.53. The van der Waals surface area contributed by atoms with Crippen molar-refractivity contribution in [3.05, 3.63) is 24.3 Å². The molecule has 0 aromatic heterocycles. The maximum Gasteiger partial charge on any atom is 0.321 e. The Morgan fingerprint density at radius 1 is 1.29 bits per heavy atom. The number of nitrogens with one attached hydrogen (secondary N) is 1. The molecule has 0 bridgehead atoms. The largest absolute Gasteiger partial charge is 0.481 e. The van der Waals surface area contributed by atoms with Crippen molar-refractivity contribution in [2.75, 3.05) is 18.4 Å². The monoisotopic (exact) mass is 348 g/mol. The van der Waals surface area contributed by atoms with Gasteiger partial charge in [0, 0.05) is 23.2 Å². The van der Waals surface area contributed by atoms with Crippen molar-refractivity contribution in [1.82, 2.24) is 4.90 Å². The standard InChI is InChI=1S/C18H24N2O3S/c1-18(16(21)22)10-11-20(12-18)17(23)19-14-8-4-5-9-15(14)24-13-6-2-3-7-13/h4-5,8-9,13H,2-3,6-7,10-12H2,1H3,(H,19,23)(H,21,22). The molecule has 2 N–H and O–H groups in total. The van der Waals surface area contributed by atoms with Crippen molar-refractivity contribution >= 4 is 29.4 Å². The number of carbonyl (C=O) groups is 2. The number of likely N-dealkylation sites (tertiary alicyclic amines) is 1. The number of hydrogen-bond donors (Lipinski definition) is 2. The number of nitrogens with zero attached hydrogens (tertiary/aromatic N) is 1. The van der Waals surface area contributed by atoms with Gasteiger partial charge < -0.3 is 15.3 Å².